The molecular weight excluding hydrogens is 308 g/mol. The van der Waals surface area contributed by atoms with Crippen molar-refractivity contribution in [3.8, 4) is 0 Å². The molecule has 1 amide bonds. The monoisotopic (exact) mass is 326 g/mol. The van der Waals surface area contributed by atoms with Crippen LogP contribution < -0.4 is 5.32 Å². The van der Waals surface area contributed by atoms with Crippen molar-refractivity contribution >= 4 is 21.8 Å². The zero-order chi connectivity index (χ0) is 13.8. The van der Waals surface area contributed by atoms with E-state index in [0.717, 1.165) is 29.7 Å². The number of morpholine rings is 1. The predicted molar refractivity (Wildman–Crippen MR) is 78.4 cm³/mol. The van der Waals surface area contributed by atoms with Crippen LogP contribution in [0.4, 0.5) is 0 Å². The van der Waals surface area contributed by atoms with Gasteiger partial charge in [-0.15, -0.1) is 0 Å². The Kier molecular flexibility index (Phi) is 4.96. The van der Waals surface area contributed by atoms with Gasteiger partial charge in [-0.3, -0.25) is 4.79 Å². The number of nitrogens with zero attached hydrogens (tertiary/aromatic N) is 1. The number of likely N-dealkylation sites (N-methyl/N-ethyl adjacent to an activating group) is 1. The summed E-state index contributed by atoms with van der Waals surface area (Å²) in [6.45, 7) is 5.04. The fraction of sp³-hybridized carbons (Fsp3) is 0.500. The summed E-state index contributed by atoms with van der Waals surface area (Å²) in [6.07, 6.45) is 0.0819. The number of hydrogen-bond acceptors (Lipinski definition) is 3. The van der Waals surface area contributed by atoms with Crippen LogP contribution >= 0.6 is 15.9 Å². The van der Waals surface area contributed by atoms with Crippen molar-refractivity contribution in [3.05, 3.63) is 33.8 Å². The van der Waals surface area contributed by atoms with E-state index in [-0.39, 0.29) is 12.0 Å². The number of ether oxygens (including phenoxy) is 1. The van der Waals surface area contributed by atoms with Crippen LogP contribution in [0.1, 0.15) is 15.9 Å². The van der Waals surface area contributed by atoms with Gasteiger partial charge in [0.1, 0.15) is 0 Å². The number of carbonyl (C=O) groups excluding carboxylic acids is 1. The highest BCUT2D eigenvalue weighted by atomic mass is 79.9. The largest absolute Gasteiger partial charge is 0.374 e. The van der Waals surface area contributed by atoms with Crippen molar-refractivity contribution < 1.29 is 9.53 Å². The molecule has 1 heterocycles. The summed E-state index contributed by atoms with van der Waals surface area (Å²) in [5, 5.41) is 2.94. The minimum Gasteiger partial charge on any atom is -0.374 e. The van der Waals surface area contributed by atoms with Gasteiger partial charge in [0.25, 0.3) is 5.91 Å². The third kappa shape index (κ3) is 4.03. The molecule has 104 valence electrons. The number of rotatable bonds is 3. The van der Waals surface area contributed by atoms with Crippen LogP contribution in [0.5, 0.6) is 0 Å². The normalized spacial score (nSPS) is 20.3. The Labute approximate surface area is 122 Å². The van der Waals surface area contributed by atoms with Gasteiger partial charge in [-0.2, -0.15) is 0 Å². The van der Waals surface area contributed by atoms with Gasteiger partial charge >= 0.3 is 0 Å². The van der Waals surface area contributed by atoms with Gasteiger partial charge in [-0.1, -0.05) is 15.9 Å². The molecule has 1 aromatic rings. The molecule has 0 bridgehead atoms. The average Bonchev–Trinajstić information content (AvgIpc) is 2.36. The molecule has 0 aliphatic carbocycles. The van der Waals surface area contributed by atoms with E-state index in [0.29, 0.717) is 12.1 Å². The molecule has 1 atom stereocenters. The average molecular weight is 327 g/mol. The molecule has 1 aromatic carbocycles. The third-order valence-corrected chi connectivity index (χ3v) is 3.76. The van der Waals surface area contributed by atoms with E-state index in [1.807, 2.05) is 25.1 Å². The van der Waals surface area contributed by atoms with Crippen molar-refractivity contribution in [2.75, 3.05) is 33.3 Å². The Morgan fingerprint density at radius 3 is 3.05 bits per heavy atom. The molecule has 5 heteroatoms. The maximum atomic E-state index is 12.1. The van der Waals surface area contributed by atoms with Crippen molar-refractivity contribution in [2.45, 2.75) is 13.0 Å². The minimum atomic E-state index is -0.0400. The molecule has 0 unspecified atom stereocenters. The highest BCUT2D eigenvalue weighted by Crippen LogP contribution is 2.15. The molecule has 0 spiro atoms. The summed E-state index contributed by atoms with van der Waals surface area (Å²) >= 11 is 3.40. The van der Waals surface area contributed by atoms with Gasteiger partial charge in [0.2, 0.25) is 0 Å². The summed E-state index contributed by atoms with van der Waals surface area (Å²) in [5.74, 6) is -0.0400. The van der Waals surface area contributed by atoms with E-state index in [1.165, 1.54) is 0 Å². The van der Waals surface area contributed by atoms with Crippen LogP contribution in [0, 0.1) is 6.92 Å². The number of amides is 1. The molecular formula is C14H19BrN2O2. The topological polar surface area (TPSA) is 41.6 Å². The zero-order valence-corrected chi connectivity index (χ0v) is 12.9. The molecule has 1 aliphatic heterocycles. The molecule has 0 radical (unpaired) electrons. The SMILES string of the molecule is Cc1cc(Br)ccc1C(=O)NC[C@@H]1CN(C)CCO1. The van der Waals surface area contributed by atoms with Gasteiger partial charge in [0.15, 0.2) is 0 Å². The number of nitrogens with one attached hydrogen (secondary N) is 1. The van der Waals surface area contributed by atoms with Crippen LogP contribution in [-0.4, -0.2) is 50.2 Å². The second-order valence-electron chi connectivity index (χ2n) is 4.92. The van der Waals surface area contributed by atoms with Gasteiger partial charge in [0, 0.05) is 29.7 Å². The molecule has 1 saturated heterocycles. The van der Waals surface area contributed by atoms with E-state index in [9.17, 15) is 4.79 Å². The minimum absolute atomic E-state index is 0.0400. The molecule has 1 aliphatic rings. The van der Waals surface area contributed by atoms with Crippen molar-refractivity contribution in [1.82, 2.24) is 10.2 Å². The van der Waals surface area contributed by atoms with Crippen LogP contribution in [-0.2, 0) is 4.74 Å². The summed E-state index contributed by atoms with van der Waals surface area (Å²) in [4.78, 5) is 14.3. The first kappa shape index (κ1) is 14.5. The number of hydrogen-bond donors (Lipinski definition) is 1. The number of halogens is 1. The summed E-state index contributed by atoms with van der Waals surface area (Å²) in [7, 11) is 2.07. The summed E-state index contributed by atoms with van der Waals surface area (Å²) in [6, 6.07) is 5.66. The summed E-state index contributed by atoms with van der Waals surface area (Å²) in [5.41, 5.74) is 1.68. The molecule has 1 N–H and O–H groups in total. The zero-order valence-electron chi connectivity index (χ0n) is 11.3. The second kappa shape index (κ2) is 6.50. The quantitative estimate of drug-likeness (QED) is 0.921. The molecule has 0 saturated carbocycles. The van der Waals surface area contributed by atoms with Gasteiger partial charge in [-0.05, 0) is 37.7 Å². The highest BCUT2D eigenvalue weighted by Gasteiger charge is 2.18. The lowest BCUT2D eigenvalue weighted by molar-refractivity contribution is -0.0175. The molecule has 4 nitrogen and oxygen atoms in total. The van der Waals surface area contributed by atoms with E-state index in [1.54, 1.807) is 0 Å². The smallest absolute Gasteiger partial charge is 0.251 e. The number of carbonyl (C=O) groups is 1. The van der Waals surface area contributed by atoms with Crippen LogP contribution in [0.15, 0.2) is 22.7 Å². The van der Waals surface area contributed by atoms with Crippen molar-refractivity contribution in [2.24, 2.45) is 0 Å². The summed E-state index contributed by atoms with van der Waals surface area (Å²) < 4.78 is 6.61. The first-order chi connectivity index (χ1) is 9.06. The molecule has 0 aromatic heterocycles. The van der Waals surface area contributed by atoms with Crippen molar-refractivity contribution in [3.63, 3.8) is 0 Å². The van der Waals surface area contributed by atoms with Crippen LogP contribution in [0.3, 0.4) is 0 Å². The maximum absolute atomic E-state index is 12.1. The van der Waals surface area contributed by atoms with Crippen LogP contribution in [0.25, 0.3) is 0 Å². The van der Waals surface area contributed by atoms with E-state index >= 15 is 0 Å². The first-order valence-corrected chi connectivity index (χ1v) is 7.20. The Balaban J connectivity index is 1.90. The molecule has 1 fully saturated rings. The predicted octanol–water partition coefficient (Wildman–Crippen LogP) is 1.82. The van der Waals surface area contributed by atoms with Crippen molar-refractivity contribution in [1.29, 1.82) is 0 Å². The number of aryl methyl sites for hydroxylation is 1. The lowest BCUT2D eigenvalue weighted by Gasteiger charge is -2.30. The Morgan fingerprint density at radius 1 is 1.58 bits per heavy atom. The van der Waals surface area contributed by atoms with E-state index in [4.69, 9.17) is 4.74 Å². The maximum Gasteiger partial charge on any atom is 0.251 e. The lowest BCUT2D eigenvalue weighted by atomic mass is 10.1. The van der Waals surface area contributed by atoms with E-state index in [2.05, 4.69) is 33.2 Å². The molecule has 19 heavy (non-hydrogen) atoms. The Hall–Kier alpha value is -0.910. The fourth-order valence-corrected chi connectivity index (χ4v) is 2.65. The van der Waals surface area contributed by atoms with Gasteiger partial charge < -0.3 is 15.0 Å². The van der Waals surface area contributed by atoms with Crippen LogP contribution in [0.2, 0.25) is 0 Å². The third-order valence-electron chi connectivity index (χ3n) is 3.27. The van der Waals surface area contributed by atoms with E-state index < -0.39 is 0 Å². The lowest BCUT2D eigenvalue weighted by Crippen LogP contribution is -2.46. The Morgan fingerprint density at radius 2 is 2.37 bits per heavy atom. The first-order valence-electron chi connectivity index (χ1n) is 6.41. The van der Waals surface area contributed by atoms with Gasteiger partial charge in [-0.25, -0.2) is 0 Å². The standard InChI is InChI=1S/C14H19BrN2O2/c1-10-7-11(15)3-4-13(10)14(18)16-8-12-9-17(2)5-6-19-12/h3-4,7,12H,5-6,8-9H2,1-2H3,(H,16,18)/t12-/m1/s1. The second-order valence-corrected chi connectivity index (χ2v) is 5.84. The molecule has 2 rings (SSSR count). The highest BCUT2D eigenvalue weighted by molar-refractivity contribution is 9.10. The van der Waals surface area contributed by atoms with Gasteiger partial charge in [0.05, 0.1) is 12.7 Å². The Bertz CT molecular complexity index is 465. The number of benzene rings is 1. The fourth-order valence-electron chi connectivity index (χ4n) is 2.17.